The third-order valence-electron chi connectivity index (χ3n) is 2.38. The standard InChI is InChI=1S/C10H14IN3S/c11-8-5-12-10(13-6-8)14-7-9-3-1-2-4-15-9/h5-6,9H,1-4,7H2,(H,12,13,14). The van der Waals surface area contributed by atoms with E-state index in [1.165, 1.54) is 25.0 Å². The van der Waals surface area contributed by atoms with E-state index in [0.29, 0.717) is 0 Å². The minimum Gasteiger partial charge on any atom is -0.353 e. The van der Waals surface area contributed by atoms with E-state index < -0.39 is 0 Å². The zero-order valence-electron chi connectivity index (χ0n) is 8.45. The van der Waals surface area contributed by atoms with E-state index in [1.807, 2.05) is 12.4 Å². The van der Waals surface area contributed by atoms with Gasteiger partial charge in [0.1, 0.15) is 0 Å². The highest BCUT2D eigenvalue weighted by Crippen LogP contribution is 2.24. The summed E-state index contributed by atoms with van der Waals surface area (Å²) < 4.78 is 1.07. The predicted molar refractivity (Wildman–Crippen MR) is 73.3 cm³/mol. The van der Waals surface area contributed by atoms with Gasteiger partial charge in [-0.1, -0.05) is 6.42 Å². The second kappa shape index (κ2) is 5.89. The fourth-order valence-corrected chi connectivity index (χ4v) is 3.09. The lowest BCUT2D eigenvalue weighted by atomic mass is 10.2. The van der Waals surface area contributed by atoms with Gasteiger partial charge in [-0.15, -0.1) is 0 Å². The second-order valence-corrected chi connectivity index (χ2v) is 6.25. The van der Waals surface area contributed by atoms with E-state index in [-0.39, 0.29) is 0 Å². The van der Waals surface area contributed by atoms with Gasteiger partial charge in [-0.3, -0.25) is 0 Å². The minimum absolute atomic E-state index is 0.738. The van der Waals surface area contributed by atoms with E-state index in [4.69, 9.17) is 0 Å². The van der Waals surface area contributed by atoms with Gasteiger partial charge in [0.15, 0.2) is 0 Å². The number of rotatable bonds is 3. The number of aromatic nitrogens is 2. The maximum Gasteiger partial charge on any atom is 0.222 e. The SMILES string of the molecule is Ic1cnc(NCC2CCCCS2)nc1. The van der Waals surface area contributed by atoms with Crippen LogP contribution in [-0.2, 0) is 0 Å². The Morgan fingerprint density at radius 2 is 2.20 bits per heavy atom. The quantitative estimate of drug-likeness (QED) is 0.862. The third kappa shape index (κ3) is 3.79. The van der Waals surface area contributed by atoms with E-state index in [2.05, 4.69) is 49.6 Å². The summed E-state index contributed by atoms with van der Waals surface area (Å²) in [6.45, 7) is 0.991. The summed E-state index contributed by atoms with van der Waals surface area (Å²) in [6, 6.07) is 0. The summed E-state index contributed by atoms with van der Waals surface area (Å²) in [7, 11) is 0. The molecule has 0 amide bonds. The van der Waals surface area contributed by atoms with Crippen LogP contribution in [0.2, 0.25) is 0 Å². The molecule has 5 heteroatoms. The van der Waals surface area contributed by atoms with Crippen molar-refractivity contribution >= 4 is 40.3 Å². The van der Waals surface area contributed by atoms with Crippen molar-refractivity contribution in [3.63, 3.8) is 0 Å². The molecule has 1 aliphatic rings. The molecular weight excluding hydrogens is 321 g/mol. The summed E-state index contributed by atoms with van der Waals surface area (Å²) in [5, 5.41) is 4.03. The molecular formula is C10H14IN3S. The van der Waals surface area contributed by atoms with Crippen molar-refractivity contribution < 1.29 is 0 Å². The van der Waals surface area contributed by atoms with Gasteiger partial charge in [-0.25, -0.2) is 9.97 Å². The summed E-state index contributed by atoms with van der Waals surface area (Å²) >= 11 is 4.28. The Morgan fingerprint density at radius 1 is 1.40 bits per heavy atom. The fourth-order valence-electron chi connectivity index (χ4n) is 1.58. The minimum atomic E-state index is 0.738. The van der Waals surface area contributed by atoms with Crippen LogP contribution in [0.3, 0.4) is 0 Å². The molecule has 1 N–H and O–H groups in total. The van der Waals surface area contributed by atoms with E-state index in [0.717, 1.165) is 21.3 Å². The van der Waals surface area contributed by atoms with Crippen molar-refractivity contribution in [2.45, 2.75) is 24.5 Å². The van der Waals surface area contributed by atoms with Crippen molar-refractivity contribution in [2.24, 2.45) is 0 Å². The van der Waals surface area contributed by atoms with E-state index >= 15 is 0 Å². The largest absolute Gasteiger partial charge is 0.353 e. The molecule has 1 fully saturated rings. The topological polar surface area (TPSA) is 37.8 Å². The highest BCUT2D eigenvalue weighted by atomic mass is 127. The Morgan fingerprint density at radius 3 is 2.87 bits per heavy atom. The predicted octanol–water partition coefficient (Wildman–Crippen LogP) is 2.78. The van der Waals surface area contributed by atoms with Gasteiger partial charge in [-0.05, 0) is 41.2 Å². The van der Waals surface area contributed by atoms with Crippen molar-refractivity contribution in [2.75, 3.05) is 17.6 Å². The smallest absolute Gasteiger partial charge is 0.222 e. The normalized spacial score (nSPS) is 21.3. The van der Waals surface area contributed by atoms with Gasteiger partial charge in [-0.2, -0.15) is 11.8 Å². The van der Waals surface area contributed by atoms with Gasteiger partial charge in [0.2, 0.25) is 5.95 Å². The zero-order chi connectivity index (χ0) is 10.5. The molecule has 15 heavy (non-hydrogen) atoms. The molecule has 0 bridgehead atoms. The summed E-state index contributed by atoms with van der Waals surface area (Å²) in [5.74, 6) is 2.06. The maximum absolute atomic E-state index is 4.22. The van der Waals surface area contributed by atoms with Gasteiger partial charge in [0.25, 0.3) is 0 Å². The Hall–Kier alpha value is -0.0400. The molecule has 0 spiro atoms. The first-order valence-electron chi connectivity index (χ1n) is 5.17. The molecule has 0 aliphatic carbocycles. The Kier molecular flexibility index (Phi) is 4.49. The molecule has 0 radical (unpaired) electrons. The first kappa shape index (κ1) is 11.4. The molecule has 1 unspecified atom stereocenters. The van der Waals surface area contributed by atoms with E-state index in [9.17, 15) is 0 Å². The molecule has 0 saturated carbocycles. The lowest BCUT2D eigenvalue weighted by Gasteiger charge is -2.21. The Balaban J connectivity index is 1.79. The fraction of sp³-hybridized carbons (Fsp3) is 0.600. The summed E-state index contributed by atoms with van der Waals surface area (Å²) in [5.41, 5.74) is 0. The maximum atomic E-state index is 4.22. The number of anilines is 1. The molecule has 0 aromatic carbocycles. The molecule has 1 aromatic heterocycles. The monoisotopic (exact) mass is 335 g/mol. The first-order valence-corrected chi connectivity index (χ1v) is 7.30. The number of thioether (sulfide) groups is 1. The Bertz CT molecular complexity index is 298. The van der Waals surface area contributed by atoms with Crippen LogP contribution in [0.4, 0.5) is 5.95 Å². The van der Waals surface area contributed by atoms with Gasteiger partial charge in [0.05, 0.1) is 0 Å². The molecule has 2 rings (SSSR count). The highest BCUT2D eigenvalue weighted by molar-refractivity contribution is 14.1. The number of nitrogens with zero attached hydrogens (tertiary/aromatic N) is 2. The van der Waals surface area contributed by atoms with Gasteiger partial charge < -0.3 is 5.32 Å². The van der Waals surface area contributed by atoms with Crippen LogP contribution in [0.1, 0.15) is 19.3 Å². The van der Waals surface area contributed by atoms with E-state index in [1.54, 1.807) is 0 Å². The van der Waals surface area contributed by atoms with Gasteiger partial charge >= 0.3 is 0 Å². The molecule has 2 heterocycles. The third-order valence-corrected chi connectivity index (χ3v) is 4.34. The van der Waals surface area contributed by atoms with Crippen LogP contribution in [0.5, 0.6) is 0 Å². The van der Waals surface area contributed by atoms with Crippen LogP contribution in [0.25, 0.3) is 0 Å². The second-order valence-electron chi connectivity index (χ2n) is 3.59. The van der Waals surface area contributed by atoms with Gasteiger partial charge in [0, 0.05) is 27.8 Å². The van der Waals surface area contributed by atoms with Crippen molar-refractivity contribution in [3.05, 3.63) is 16.0 Å². The Labute approximate surface area is 108 Å². The van der Waals surface area contributed by atoms with Crippen molar-refractivity contribution in [3.8, 4) is 0 Å². The van der Waals surface area contributed by atoms with Crippen LogP contribution < -0.4 is 5.32 Å². The summed E-state index contributed by atoms with van der Waals surface area (Å²) in [4.78, 5) is 8.45. The van der Waals surface area contributed by atoms with Crippen LogP contribution in [0, 0.1) is 3.57 Å². The van der Waals surface area contributed by atoms with Crippen molar-refractivity contribution in [1.29, 1.82) is 0 Å². The van der Waals surface area contributed by atoms with Crippen molar-refractivity contribution in [1.82, 2.24) is 9.97 Å². The molecule has 82 valence electrons. The number of hydrogen-bond acceptors (Lipinski definition) is 4. The first-order chi connectivity index (χ1) is 7.34. The van der Waals surface area contributed by atoms with Crippen LogP contribution >= 0.6 is 34.4 Å². The summed E-state index contributed by atoms with van der Waals surface area (Å²) in [6.07, 6.45) is 7.74. The average Bonchev–Trinajstić information content (AvgIpc) is 2.30. The van der Waals surface area contributed by atoms with Crippen LogP contribution in [0.15, 0.2) is 12.4 Å². The molecule has 3 nitrogen and oxygen atoms in total. The molecule has 1 saturated heterocycles. The molecule has 1 atom stereocenters. The lowest BCUT2D eigenvalue weighted by molar-refractivity contribution is 0.676. The highest BCUT2D eigenvalue weighted by Gasteiger charge is 2.13. The molecule has 1 aliphatic heterocycles. The molecule has 1 aromatic rings. The lowest BCUT2D eigenvalue weighted by Crippen LogP contribution is -2.20. The number of nitrogens with one attached hydrogen (secondary N) is 1. The zero-order valence-corrected chi connectivity index (χ0v) is 11.4. The number of halogens is 1. The van der Waals surface area contributed by atoms with Crippen LogP contribution in [-0.4, -0.2) is 27.5 Å². The average molecular weight is 335 g/mol. The number of hydrogen-bond donors (Lipinski definition) is 1.